The quantitative estimate of drug-likeness (QED) is 0.262. The van der Waals surface area contributed by atoms with Crippen molar-refractivity contribution >= 4 is 62.7 Å². The van der Waals surface area contributed by atoms with Gasteiger partial charge in [0.2, 0.25) is 0 Å². The topological polar surface area (TPSA) is 183 Å². The van der Waals surface area contributed by atoms with E-state index in [2.05, 4.69) is 0 Å². The molecule has 0 bridgehead atoms. The maximum absolute atomic E-state index is 12.1. The van der Waals surface area contributed by atoms with E-state index in [4.69, 9.17) is 0 Å². The molecule has 0 amide bonds. The fourth-order valence-corrected chi connectivity index (χ4v) is 6.51. The normalized spacial score (nSPS) is 13.6. The van der Waals surface area contributed by atoms with Crippen LogP contribution >= 0.6 is 0 Å². The van der Waals surface area contributed by atoms with Crippen molar-refractivity contribution in [2.45, 2.75) is 14.7 Å². The van der Waals surface area contributed by atoms with Crippen LogP contribution in [0.2, 0.25) is 0 Å². The molecular weight excluding hydrogens is 448 g/mol. The first-order valence-corrected chi connectivity index (χ1v) is 11.9. The van der Waals surface area contributed by atoms with Crippen molar-refractivity contribution in [1.82, 2.24) is 0 Å². The van der Waals surface area contributed by atoms with Crippen LogP contribution in [0.3, 0.4) is 0 Å². The van der Waals surface area contributed by atoms with Crippen molar-refractivity contribution < 1.29 is 44.0 Å². The maximum atomic E-state index is 12.1. The van der Waals surface area contributed by atoms with Gasteiger partial charge in [-0.05, 0) is 28.3 Å². The van der Waals surface area contributed by atoms with Crippen LogP contribution in [0.1, 0.15) is 0 Å². The monoisotopic (exact) mass is 458 g/mol. The summed E-state index contributed by atoms with van der Waals surface area (Å²) in [5.41, 5.74) is 0. The Morgan fingerprint density at radius 3 is 1.76 bits per heavy atom. The summed E-state index contributed by atoms with van der Waals surface area (Å²) in [6.07, 6.45) is 0. The zero-order valence-electron chi connectivity index (χ0n) is 13.9. The van der Waals surface area contributed by atoms with Crippen LogP contribution < -0.4 is 0 Å². The average Bonchev–Trinajstić information content (AvgIpc) is 2.57. The van der Waals surface area contributed by atoms with Crippen LogP contribution in [0.25, 0.3) is 32.3 Å². The molecule has 0 saturated carbocycles. The Morgan fingerprint density at radius 1 is 0.621 bits per heavy atom. The van der Waals surface area contributed by atoms with Gasteiger partial charge in [0.05, 0.1) is 0 Å². The lowest BCUT2D eigenvalue weighted by atomic mass is 9.94. The third kappa shape index (κ3) is 2.82. The number of hydrogen-bond donors (Lipinski definition) is 4. The predicted molar refractivity (Wildman–Crippen MR) is 101 cm³/mol. The number of benzene rings is 4. The Morgan fingerprint density at radius 2 is 1.21 bits per heavy atom. The van der Waals surface area contributed by atoms with Crippen molar-refractivity contribution in [3.05, 3.63) is 36.4 Å². The summed E-state index contributed by atoms with van der Waals surface area (Å²) >= 11 is 0. The lowest BCUT2D eigenvalue weighted by Gasteiger charge is -2.18. The van der Waals surface area contributed by atoms with Gasteiger partial charge >= 0.3 is 0 Å². The Bertz CT molecular complexity index is 1670. The third-order valence-corrected chi connectivity index (χ3v) is 7.40. The minimum Gasteiger partial charge on any atom is -0.506 e. The van der Waals surface area contributed by atoms with E-state index in [1.807, 2.05) is 0 Å². The first kappa shape index (κ1) is 19.8. The molecule has 0 aliphatic carbocycles. The second-order valence-corrected chi connectivity index (χ2v) is 10.4. The first-order chi connectivity index (χ1) is 13.2. The van der Waals surface area contributed by atoms with Gasteiger partial charge in [-0.2, -0.15) is 25.3 Å². The third-order valence-electron chi connectivity index (χ3n) is 4.56. The van der Waals surface area contributed by atoms with Crippen LogP contribution in [0, 0.1) is 0 Å². The summed E-state index contributed by atoms with van der Waals surface area (Å²) in [5, 5.41) is 10.0. The Hall–Kier alpha value is -2.55. The SMILES string of the molecule is O=S(=O)(O)c1c(O)c2ccc3cccc4cc(S(=O)(=O)O)c(c1S(=O)(=O)O)c2c34. The summed E-state index contributed by atoms with van der Waals surface area (Å²) in [4.78, 5) is -4.18. The zero-order valence-corrected chi connectivity index (χ0v) is 16.4. The van der Waals surface area contributed by atoms with E-state index in [-0.39, 0.29) is 21.5 Å². The molecule has 0 aliphatic heterocycles. The Kier molecular flexibility index (Phi) is 3.91. The van der Waals surface area contributed by atoms with E-state index in [0.29, 0.717) is 5.39 Å². The number of phenols is 1. The molecule has 4 rings (SSSR count). The molecule has 0 unspecified atom stereocenters. The summed E-state index contributed by atoms with van der Waals surface area (Å²) in [7, 11) is -16.1. The van der Waals surface area contributed by atoms with Crippen molar-refractivity contribution in [1.29, 1.82) is 0 Å². The molecule has 0 radical (unpaired) electrons. The second-order valence-electron chi connectivity index (χ2n) is 6.25. The molecule has 4 N–H and O–H groups in total. The molecule has 29 heavy (non-hydrogen) atoms. The van der Waals surface area contributed by atoms with Gasteiger partial charge in [0.25, 0.3) is 30.4 Å². The number of aromatic hydroxyl groups is 1. The van der Waals surface area contributed by atoms with Crippen LogP contribution in [0.15, 0.2) is 51.1 Å². The molecule has 0 fully saturated rings. The molecule has 0 aliphatic rings. The minimum atomic E-state index is -5.52. The van der Waals surface area contributed by atoms with Gasteiger partial charge in [-0.1, -0.05) is 24.3 Å². The van der Waals surface area contributed by atoms with Crippen LogP contribution in [0.5, 0.6) is 5.75 Å². The van der Waals surface area contributed by atoms with Gasteiger partial charge < -0.3 is 5.11 Å². The van der Waals surface area contributed by atoms with Crippen molar-refractivity contribution in [2.75, 3.05) is 0 Å². The fraction of sp³-hybridized carbons (Fsp3) is 0. The van der Waals surface area contributed by atoms with Crippen LogP contribution in [0.4, 0.5) is 0 Å². The molecule has 0 heterocycles. The van der Waals surface area contributed by atoms with Gasteiger partial charge in [-0.25, -0.2) is 0 Å². The summed E-state index contributed by atoms with van der Waals surface area (Å²) in [6, 6.07) is 8.15. The molecule has 0 spiro atoms. The van der Waals surface area contributed by atoms with Gasteiger partial charge in [0, 0.05) is 16.2 Å². The summed E-state index contributed by atoms with van der Waals surface area (Å²) in [6.45, 7) is 0. The molecule has 0 saturated heterocycles. The van der Waals surface area contributed by atoms with Crippen molar-refractivity contribution in [2.24, 2.45) is 0 Å². The number of phenolic OH excluding ortho intramolecular Hbond substituents is 1. The Labute approximate surface area is 163 Å². The van der Waals surface area contributed by atoms with Gasteiger partial charge in [-0.15, -0.1) is 0 Å². The fourth-order valence-electron chi connectivity index (χ4n) is 3.58. The molecule has 152 valence electrons. The summed E-state index contributed by atoms with van der Waals surface area (Å²) < 4.78 is 101. The highest BCUT2D eigenvalue weighted by molar-refractivity contribution is 7.89. The van der Waals surface area contributed by atoms with E-state index in [1.54, 1.807) is 12.1 Å². The first-order valence-electron chi connectivity index (χ1n) is 7.62. The molecule has 10 nitrogen and oxygen atoms in total. The van der Waals surface area contributed by atoms with Gasteiger partial charge in [-0.3, -0.25) is 13.7 Å². The van der Waals surface area contributed by atoms with E-state index in [1.165, 1.54) is 18.2 Å². The molecular formula is C16H10O10S3. The van der Waals surface area contributed by atoms with Gasteiger partial charge in [0.15, 0.2) is 4.90 Å². The number of rotatable bonds is 3. The van der Waals surface area contributed by atoms with Crippen LogP contribution in [-0.2, 0) is 30.4 Å². The molecule has 4 aromatic rings. The highest BCUT2D eigenvalue weighted by Crippen LogP contribution is 2.48. The van der Waals surface area contributed by atoms with Gasteiger partial charge in [0.1, 0.15) is 15.5 Å². The molecule has 0 atom stereocenters. The molecule has 4 aromatic carbocycles. The lowest BCUT2D eigenvalue weighted by molar-refractivity contribution is 0.436. The molecule has 0 aromatic heterocycles. The minimum absolute atomic E-state index is 0.230. The molecule has 13 heteroatoms. The average molecular weight is 458 g/mol. The smallest absolute Gasteiger partial charge is 0.299 e. The Balaban J connectivity index is 2.60. The zero-order chi connectivity index (χ0) is 21.5. The summed E-state index contributed by atoms with van der Waals surface area (Å²) in [5.74, 6) is -1.20. The highest BCUT2D eigenvalue weighted by atomic mass is 32.2. The highest BCUT2D eigenvalue weighted by Gasteiger charge is 2.36. The second kappa shape index (κ2) is 5.75. The van der Waals surface area contributed by atoms with E-state index < -0.39 is 56.2 Å². The largest absolute Gasteiger partial charge is 0.506 e. The standard InChI is InChI=1S/C16H10O10S3/c17-14-9-5-4-7-2-1-3-8-6-10(27(18,19)20)13(12(9)11(7)8)15(28(21,22)23)16(14)29(24,25)26/h1-6,17H,(H,18,19,20)(H,21,22,23)(H,24,25,26). The van der Waals surface area contributed by atoms with Crippen molar-refractivity contribution in [3.8, 4) is 5.75 Å². The number of hydrogen-bond acceptors (Lipinski definition) is 7. The predicted octanol–water partition coefficient (Wildman–Crippen LogP) is 2.03. The van der Waals surface area contributed by atoms with E-state index >= 15 is 0 Å². The van der Waals surface area contributed by atoms with E-state index in [9.17, 15) is 44.0 Å². The van der Waals surface area contributed by atoms with Crippen LogP contribution in [-0.4, -0.2) is 44.0 Å². The van der Waals surface area contributed by atoms with Crippen molar-refractivity contribution in [3.63, 3.8) is 0 Å². The lowest BCUT2D eigenvalue weighted by Crippen LogP contribution is -2.12. The maximum Gasteiger partial charge on any atom is 0.299 e. The van der Waals surface area contributed by atoms with E-state index in [0.717, 1.165) is 6.07 Å².